The number of ether oxygens (including phenoxy) is 1. The van der Waals surface area contributed by atoms with E-state index in [-0.39, 0.29) is 11.5 Å². The lowest BCUT2D eigenvalue weighted by atomic mass is 10.1. The summed E-state index contributed by atoms with van der Waals surface area (Å²) in [6.45, 7) is 4.61. The molecule has 0 radical (unpaired) electrons. The molecule has 0 aliphatic carbocycles. The lowest BCUT2D eigenvalue weighted by Crippen LogP contribution is -2.49. The summed E-state index contributed by atoms with van der Waals surface area (Å²) in [6.07, 6.45) is 5.17. The smallest absolute Gasteiger partial charge is 0.260 e. The van der Waals surface area contributed by atoms with Crippen LogP contribution in [0.4, 0.5) is 5.95 Å². The molecule has 4 aromatic rings. The molecule has 1 amide bonds. The zero-order valence-corrected chi connectivity index (χ0v) is 19.7. The lowest BCUT2D eigenvalue weighted by Gasteiger charge is -2.34. The fraction of sp³-hybridized carbons (Fsp3) is 0.269. The van der Waals surface area contributed by atoms with Crippen LogP contribution < -0.4 is 15.2 Å². The Morgan fingerprint density at radius 1 is 1.03 bits per heavy atom. The Labute approximate surface area is 202 Å². The Balaban J connectivity index is 1.38. The third-order valence-electron chi connectivity index (χ3n) is 6.29. The molecule has 1 aliphatic heterocycles. The maximum Gasteiger partial charge on any atom is 0.260 e. The zero-order valence-electron chi connectivity index (χ0n) is 19.7. The van der Waals surface area contributed by atoms with E-state index in [0.29, 0.717) is 60.8 Å². The van der Waals surface area contributed by atoms with Crippen molar-refractivity contribution < 1.29 is 9.53 Å². The largest absolute Gasteiger partial charge is 0.497 e. The monoisotopic (exact) mass is 470 g/mol. The number of pyridine rings is 2. The summed E-state index contributed by atoms with van der Waals surface area (Å²) in [5.41, 5.74) is 2.46. The normalized spacial score (nSPS) is 13.8. The molecule has 1 aliphatic rings. The Morgan fingerprint density at radius 3 is 2.43 bits per heavy atom. The Bertz CT molecular complexity index is 1410. The summed E-state index contributed by atoms with van der Waals surface area (Å²) >= 11 is 0. The van der Waals surface area contributed by atoms with Gasteiger partial charge in [0.05, 0.1) is 35.8 Å². The summed E-state index contributed by atoms with van der Waals surface area (Å²) < 4.78 is 6.84. The predicted octanol–water partition coefficient (Wildman–Crippen LogP) is 2.51. The molecule has 9 heteroatoms. The lowest BCUT2D eigenvalue weighted by molar-refractivity contribution is 0.0745. The van der Waals surface area contributed by atoms with E-state index in [1.54, 1.807) is 47.3 Å². The van der Waals surface area contributed by atoms with Gasteiger partial charge in [-0.25, -0.2) is 9.97 Å². The number of fused-ring (bicyclic) bond motifs is 1. The molecule has 0 saturated carbocycles. The highest BCUT2D eigenvalue weighted by atomic mass is 16.5. The topological polar surface area (TPSA) is 93.5 Å². The maximum atomic E-state index is 13.4. The van der Waals surface area contributed by atoms with Crippen LogP contribution in [0, 0.1) is 6.92 Å². The Morgan fingerprint density at radius 2 is 1.74 bits per heavy atom. The van der Waals surface area contributed by atoms with Gasteiger partial charge >= 0.3 is 0 Å². The molecule has 178 valence electrons. The standard InChI is InChI=1S/C26H26N6O3/c1-18-21(24(33)30-12-14-31(15-13-30)26-27-9-3-10-28-26)16-22-23(29-18)8-11-32(25(22)34)17-19-4-6-20(35-2)7-5-19/h3-11,16H,12-15,17H2,1-2H3. The summed E-state index contributed by atoms with van der Waals surface area (Å²) in [5.74, 6) is 1.32. The van der Waals surface area contributed by atoms with Gasteiger partial charge in [0.2, 0.25) is 5.95 Å². The molecule has 4 heterocycles. The van der Waals surface area contributed by atoms with Crippen molar-refractivity contribution in [2.75, 3.05) is 38.2 Å². The number of aromatic nitrogens is 4. The van der Waals surface area contributed by atoms with Gasteiger partial charge in [-0.15, -0.1) is 0 Å². The van der Waals surface area contributed by atoms with E-state index < -0.39 is 0 Å². The Kier molecular flexibility index (Phi) is 6.13. The van der Waals surface area contributed by atoms with Crippen molar-refractivity contribution in [1.29, 1.82) is 0 Å². The molecular weight excluding hydrogens is 444 g/mol. The van der Waals surface area contributed by atoms with Gasteiger partial charge in [-0.2, -0.15) is 0 Å². The van der Waals surface area contributed by atoms with Crippen molar-refractivity contribution in [3.63, 3.8) is 0 Å². The van der Waals surface area contributed by atoms with Gasteiger partial charge in [-0.3, -0.25) is 14.6 Å². The molecule has 0 atom stereocenters. The second-order valence-electron chi connectivity index (χ2n) is 8.48. The number of aryl methyl sites for hydroxylation is 1. The molecule has 9 nitrogen and oxygen atoms in total. The average Bonchev–Trinajstić information content (AvgIpc) is 2.91. The molecule has 0 N–H and O–H groups in total. The minimum absolute atomic E-state index is 0.115. The number of nitrogens with zero attached hydrogens (tertiary/aromatic N) is 6. The fourth-order valence-electron chi connectivity index (χ4n) is 4.31. The van der Waals surface area contributed by atoms with Crippen molar-refractivity contribution >= 4 is 22.8 Å². The molecule has 0 spiro atoms. The van der Waals surface area contributed by atoms with Crippen LogP contribution in [-0.2, 0) is 6.54 Å². The summed E-state index contributed by atoms with van der Waals surface area (Å²) in [7, 11) is 1.62. The number of hydrogen-bond acceptors (Lipinski definition) is 7. The van der Waals surface area contributed by atoms with Gasteiger partial charge in [0.25, 0.3) is 11.5 Å². The number of rotatable bonds is 5. The highest BCUT2D eigenvalue weighted by molar-refractivity contribution is 5.98. The molecule has 35 heavy (non-hydrogen) atoms. The second kappa shape index (κ2) is 9.54. The van der Waals surface area contributed by atoms with Crippen molar-refractivity contribution in [2.45, 2.75) is 13.5 Å². The molecule has 0 bridgehead atoms. The van der Waals surface area contributed by atoms with Crippen LogP contribution in [0.1, 0.15) is 21.6 Å². The minimum atomic E-state index is -0.175. The van der Waals surface area contributed by atoms with Gasteiger partial charge in [0.1, 0.15) is 5.75 Å². The van der Waals surface area contributed by atoms with Crippen molar-refractivity contribution in [2.24, 2.45) is 0 Å². The number of methoxy groups -OCH3 is 1. The van der Waals surface area contributed by atoms with Crippen molar-refractivity contribution in [3.8, 4) is 5.75 Å². The summed E-state index contributed by atoms with van der Waals surface area (Å²) in [4.78, 5) is 43.7. The van der Waals surface area contributed by atoms with E-state index in [0.717, 1.165) is 11.3 Å². The van der Waals surface area contributed by atoms with Crippen LogP contribution in [0.3, 0.4) is 0 Å². The van der Waals surface area contributed by atoms with E-state index >= 15 is 0 Å². The Hall–Kier alpha value is -4.27. The number of anilines is 1. The number of piperazine rings is 1. The van der Waals surface area contributed by atoms with Crippen LogP contribution in [0.2, 0.25) is 0 Å². The first-order valence-corrected chi connectivity index (χ1v) is 11.5. The predicted molar refractivity (Wildman–Crippen MR) is 133 cm³/mol. The number of carbonyl (C=O) groups is 1. The zero-order chi connectivity index (χ0) is 24.4. The van der Waals surface area contributed by atoms with Crippen molar-refractivity contribution in [1.82, 2.24) is 24.4 Å². The van der Waals surface area contributed by atoms with Crippen LogP contribution in [-0.4, -0.2) is 63.6 Å². The quantitative estimate of drug-likeness (QED) is 0.442. The van der Waals surface area contributed by atoms with Gasteiger partial charge < -0.3 is 19.1 Å². The van der Waals surface area contributed by atoms with E-state index in [4.69, 9.17) is 4.74 Å². The van der Waals surface area contributed by atoms with E-state index in [1.165, 1.54) is 0 Å². The summed E-state index contributed by atoms with van der Waals surface area (Å²) in [6, 6.07) is 12.9. The SMILES string of the molecule is COc1ccc(Cn2ccc3nc(C)c(C(=O)N4CCN(c5ncccn5)CC4)cc3c2=O)cc1. The van der Waals surface area contributed by atoms with E-state index in [1.807, 2.05) is 37.3 Å². The van der Waals surface area contributed by atoms with Crippen LogP contribution in [0.5, 0.6) is 5.75 Å². The molecule has 0 unspecified atom stereocenters. The molecular formula is C26H26N6O3. The second-order valence-corrected chi connectivity index (χ2v) is 8.48. The number of benzene rings is 1. The van der Waals surface area contributed by atoms with E-state index in [2.05, 4.69) is 19.9 Å². The molecule has 1 saturated heterocycles. The molecule has 1 aromatic carbocycles. The highest BCUT2D eigenvalue weighted by Crippen LogP contribution is 2.18. The van der Waals surface area contributed by atoms with E-state index in [9.17, 15) is 9.59 Å². The fourth-order valence-corrected chi connectivity index (χ4v) is 4.31. The van der Waals surface area contributed by atoms with Gasteiger partial charge in [0.15, 0.2) is 0 Å². The average molecular weight is 471 g/mol. The third kappa shape index (κ3) is 4.57. The first-order chi connectivity index (χ1) is 17.0. The van der Waals surface area contributed by atoms with Gasteiger partial charge in [0, 0.05) is 44.8 Å². The molecule has 1 fully saturated rings. The third-order valence-corrected chi connectivity index (χ3v) is 6.29. The van der Waals surface area contributed by atoms with Crippen LogP contribution in [0.15, 0.2) is 65.8 Å². The maximum absolute atomic E-state index is 13.4. The molecule has 3 aromatic heterocycles. The number of amides is 1. The minimum Gasteiger partial charge on any atom is -0.497 e. The molecule has 5 rings (SSSR count). The van der Waals surface area contributed by atoms with Crippen molar-refractivity contribution in [3.05, 3.63) is 88.2 Å². The first kappa shape index (κ1) is 22.5. The van der Waals surface area contributed by atoms with Gasteiger partial charge in [-0.05, 0) is 42.8 Å². The number of hydrogen-bond donors (Lipinski definition) is 0. The van der Waals surface area contributed by atoms with Crippen LogP contribution >= 0.6 is 0 Å². The first-order valence-electron chi connectivity index (χ1n) is 11.5. The number of carbonyl (C=O) groups excluding carboxylic acids is 1. The van der Waals surface area contributed by atoms with Gasteiger partial charge in [-0.1, -0.05) is 12.1 Å². The van der Waals surface area contributed by atoms with Crippen LogP contribution in [0.25, 0.3) is 10.9 Å². The highest BCUT2D eigenvalue weighted by Gasteiger charge is 2.25. The summed E-state index contributed by atoms with van der Waals surface area (Å²) in [5, 5.41) is 0.436.